The van der Waals surface area contributed by atoms with Crippen molar-refractivity contribution in [3.63, 3.8) is 0 Å². The van der Waals surface area contributed by atoms with Crippen LogP contribution >= 0.6 is 11.8 Å². The maximum absolute atomic E-state index is 5.75. The van der Waals surface area contributed by atoms with Gasteiger partial charge in [0, 0.05) is 23.7 Å². The third-order valence-electron chi connectivity index (χ3n) is 4.49. The predicted molar refractivity (Wildman–Crippen MR) is 80.3 cm³/mol. The van der Waals surface area contributed by atoms with Gasteiger partial charge in [0.2, 0.25) is 0 Å². The molecule has 106 valence electrons. The molecule has 4 atom stereocenters. The summed E-state index contributed by atoms with van der Waals surface area (Å²) in [6, 6.07) is 0.726. The molecule has 1 aliphatic carbocycles. The summed E-state index contributed by atoms with van der Waals surface area (Å²) in [7, 11) is 2.13. The molecule has 3 heteroatoms. The van der Waals surface area contributed by atoms with E-state index in [1.54, 1.807) is 0 Å². The van der Waals surface area contributed by atoms with Gasteiger partial charge in [-0.15, -0.1) is 0 Å². The fourth-order valence-electron chi connectivity index (χ4n) is 3.40. The Kier molecular flexibility index (Phi) is 6.33. The minimum Gasteiger partial charge on any atom is -0.377 e. The highest BCUT2D eigenvalue weighted by Crippen LogP contribution is 2.35. The fourth-order valence-corrected chi connectivity index (χ4v) is 5.04. The first kappa shape index (κ1) is 14.7. The van der Waals surface area contributed by atoms with Crippen LogP contribution in [0.2, 0.25) is 0 Å². The van der Waals surface area contributed by atoms with E-state index in [0.29, 0.717) is 6.10 Å². The standard InChI is InChI=1S/C15H29NOS/c1-3-5-12-7-8-14(16-2)15(10-12)18-11-13-6-4-9-17-13/h12-16H,3-11H2,1-2H3. The monoisotopic (exact) mass is 271 g/mol. The Hall–Kier alpha value is 0.270. The molecule has 0 aromatic rings. The second kappa shape index (κ2) is 7.76. The summed E-state index contributed by atoms with van der Waals surface area (Å²) >= 11 is 2.17. The number of thioether (sulfide) groups is 1. The summed E-state index contributed by atoms with van der Waals surface area (Å²) in [6.45, 7) is 3.31. The molecule has 1 heterocycles. The Morgan fingerprint density at radius 1 is 1.28 bits per heavy atom. The molecule has 0 bridgehead atoms. The smallest absolute Gasteiger partial charge is 0.0666 e. The topological polar surface area (TPSA) is 21.3 Å². The van der Waals surface area contributed by atoms with Crippen molar-refractivity contribution in [3.05, 3.63) is 0 Å². The summed E-state index contributed by atoms with van der Waals surface area (Å²) in [6.07, 6.45) is 10.1. The van der Waals surface area contributed by atoms with E-state index in [0.717, 1.165) is 23.8 Å². The molecule has 1 saturated carbocycles. The molecule has 1 saturated heterocycles. The highest BCUT2D eigenvalue weighted by atomic mass is 32.2. The Labute approximate surface area is 117 Å². The molecule has 2 fully saturated rings. The third-order valence-corrected chi connectivity index (χ3v) is 6.00. The fraction of sp³-hybridized carbons (Fsp3) is 1.00. The third kappa shape index (κ3) is 4.14. The number of hydrogen-bond acceptors (Lipinski definition) is 3. The SMILES string of the molecule is CCCC1CCC(NC)C(SCC2CCCO2)C1. The average molecular weight is 271 g/mol. The molecule has 0 amide bonds. The molecular formula is C15H29NOS. The van der Waals surface area contributed by atoms with Crippen LogP contribution in [0.4, 0.5) is 0 Å². The van der Waals surface area contributed by atoms with Crippen molar-refractivity contribution in [1.29, 1.82) is 0 Å². The van der Waals surface area contributed by atoms with Crippen molar-refractivity contribution in [2.75, 3.05) is 19.4 Å². The maximum Gasteiger partial charge on any atom is 0.0666 e. The van der Waals surface area contributed by atoms with Gasteiger partial charge in [0.1, 0.15) is 0 Å². The van der Waals surface area contributed by atoms with Gasteiger partial charge in [0.15, 0.2) is 0 Å². The van der Waals surface area contributed by atoms with E-state index < -0.39 is 0 Å². The summed E-state index contributed by atoms with van der Waals surface area (Å²) in [4.78, 5) is 0. The molecule has 18 heavy (non-hydrogen) atoms. The van der Waals surface area contributed by atoms with Gasteiger partial charge in [0.25, 0.3) is 0 Å². The molecule has 0 spiro atoms. The molecule has 2 nitrogen and oxygen atoms in total. The normalized spacial score (nSPS) is 37.0. The Morgan fingerprint density at radius 3 is 2.83 bits per heavy atom. The van der Waals surface area contributed by atoms with Crippen LogP contribution in [0.5, 0.6) is 0 Å². The minimum absolute atomic E-state index is 0.541. The van der Waals surface area contributed by atoms with Crippen LogP contribution < -0.4 is 5.32 Å². The largest absolute Gasteiger partial charge is 0.377 e. The quantitative estimate of drug-likeness (QED) is 0.799. The molecule has 2 aliphatic rings. The van der Waals surface area contributed by atoms with E-state index in [1.807, 2.05) is 0 Å². The van der Waals surface area contributed by atoms with E-state index >= 15 is 0 Å². The second-order valence-electron chi connectivity index (χ2n) is 5.87. The summed E-state index contributed by atoms with van der Waals surface area (Å²) in [5.41, 5.74) is 0. The van der Waals surface area contributed by atoms with E-state index in [9.17, 15) is 0 Å². The van der Waals surface area contributed by atoms with Crippen LogP contribution in [0, 0.1) is 5.92 Å². The van der Waals surface area contributed by atoms with Gasteiger partial charge in [-0.1, -0.05) is 19.8 Å². The van der Waals surface area contributed by atoms with E-state index in [2.05, 4.69) is 31.1 Å². The van der Waals surface area contributed by atoms with Gasteiger partial charge in [-0.2, -0.15) is 11.8 Å². The van der Waals surface area contributed by atoms with Crippen molar-refractivity contribution in [3.8, 4) is 0 Å². The Morgan fingerprint density at radius 2 is 2.17 bits per heavy atom. The van der Waals surface area contributed by atoms with Crippen molar-refractivity contribution >= 4 is 11.8 Å². The molecule has 0 aromatic heterocycles. The van der Waals surface area contributed by atoms with Crippen molar-refractivity contribution in [1.82, 2.24) is 5.32 Å². The molecule has 1 aliphatic heterocycles. The molecule has 2 rings (SSSR count). The van der Waals surface area contributed by atoms with E-state index in [1.165, 1.54) is 50.7 Å². The average Bonchev–Trinajstić information content (AvgIpc) is 2.90. The maximum atomic E-state index is 5.75. The van der Waals surface area contributed by atoms with Crippen LogP contribution in [0.25, 0.3) is 0 Å². The number of ether oxygens (including phenoxy) is 1. The molecule has 1 N–H and O–H groups in total. The number of nitrogens with one attached hydrogen (secondary N) is 1. The van der Waals surface area contributed by atoms with Gasteiger partial charge < -0.3 is 10.1 Å². The van der Waals surface area contributed by atoms with Gasteiger partial charge in [-0.3, -0.25) is 0 Å². The zero-order valence-corrected chi connectivity index (χ0v) is 12.8. The van der Waals surface area contributed by atoms with Crippen molar-refractivity contribution < 1.29 is 4.74 Å². The summed E-state index contributed by atoms with van der Waals surface area (Å²) < 4.78 is 5.75. The first-order valence-electron chi connectivity index (χ1n) is 7.74. The first-order chi connectivity index (χ1) is 8.83. The summed E-state index contributed by atoms with van der Waals surface area (Å²) in [5.74, 6) is 2.18. The van der Waals surface area contributed by atoms with Crippen LogP contribution in [0.15, 0.2) is 0 Å². The lowest BCUT2D eigenvalue weighted by atomic mass is 9.83. The number of rotatable bonds is 6. The number of hydrogen-bond donors (Lipinski definition) is 1. The van der Waals surface area contributed by atoms with E-state index in [-0.39, 0.29) is 0 Å². The van der Waals surface area contributed by atoms with Crippen molar-refractivity contribution in [2.24, 2.45) is 5.92 Å². The van der Waals surface area contributed by atoms with Crippen LogP contribution in [0.1, 0.15) is 51.9 Å². The van der Waals surface area contributed by atoms with Gasteiger partial charge >= 0.3 is 0 Å². The van der Waals surface area contributed by atoms with Gasteiger partial charge in [0.05, 0.1) is 6.10 Å². The van der Waals surface area contributed by atoms with Gasteiger partial charge in [-0.25, -0.2) is 0 Å². The Bertz CT molecular complexity index is 231. The molecule has 4 unspecified atom stereocenters. The van der Waals surface area contributed by atoms with Crippen LogP contribution in [0.3, 0.4) is 0 Å². The second-order valence-corrected chi connectivity index (χ2v) is 7.14. The Balaban J connectivity index is 1.77. The minimum atomic E-state index is 0.541. The predicted octanol–water partition coefficient (Wildman–Crippen LogP) is 3.46. The zero-order chi connectivity index (χ0) is 12.8. The molecular weight excluding hydrogens is 242 g/mol. The van der Waals surface area contributed by atoms with Gasteiger partial charge in [-0.05, 0) is 45.1 Å². The first-order valence-corrected chi connectivity index (χ1v) is 8.78. The van der Waals surface area contributed by atoms with Crippen LogP contribution in [-0.2, 0) is 4.74 Å². The molecule has 0 aromatic carbocycles. The zero-order valence-electron chi connectivity index (χ0n) is 12.0. The lowest BCUT2D eigenvalue weighted by molar-refractivity contribution is 0.128. The van der Waals surface area contributed by atoms with Crippen LogP contribution in [-0.4, -0.2) is 36.8 Å². The van der Waals surface area contributed by atoms with Crippen molar-refractivity contribution in [2.45, 2.75) is 69.3 Å². The lowest BCUT2D eigenvalue weighted by Crippen LogP contribution is -2.41. The highest BCUT2D eigenvalue weighted by molar-refractivity contribution is 8.00. The lowest BCUT2D eigenvalue weighted by Gasteiger charge is -2.36. The van der Waals surface area contributed by atoms with E-state index in [4.69, 9.17) is 4.74 Å². The summed E-state index contributed by atoms with van der Waals surface area (Å²) in [5, 5.41) is 4.34. The highest BCUT2D eigenvalue weighted by Gasteiger charge is 2.30. The molecule has 0 radical (unpaired) electrons.